The molecule has 98 valence electrons. The zero-order valence-electron chi connectivity index (χ0n) is 10.0. The largest absolute Gasteiger partial charge is 0.469 e. The van der Waals surface area contributed by atoms with Crippen LogP contribution in [0.4, 0.5) is 0 Å². The average molecular weight is 269 g/mol. The molecule has 0 aromatic heterocycles. The molecule has 0 radical (unpaired) electrons. The van der Waals surface area contributed by atoms with Crippen molar-refractivity contribution in [3.8, 4) is 0 Å². The summed E-state index contributed by atoms with van der Waals surface area (Å²) in [5, 5.41) is 0. The number of sulfonamides is 1. The van der Waals surface area contributed by atoms with E-state index in [1.165, 1.54) is 25.3 Å². The van der Waals surface area contributed by atoms with Crippen molar-refractivity contribution < 1.29 is 17.9 Å². The van der Waals surface area contributed by atoms with Crippen LogP contribution in [0.1, 0.15) is 5.56 Å². The number of hydrogen-bond acceptors (Lipinski definition) is 4. The molecule has 0 heterocycles. The molecule has 0 saturated heterocycles. The number of hydrogen-bond donors (Lipinski definition) is 1. The lowest BCUT2D eigenvalue weighted by Crippen LogP contribution is -2.23. The van der Waals surface area contributed by atoms with Crippen molar-refractivity contribution in [3.63, 3.8) is 0 Å². The molecule has 0 amide bonds. The zero-order valence-corrected chi connectivity index (χ0v) is 10.9. The average Bonchev–Trinajstić information content (AvgIpc) is 2.37. The monoisotopic (exact) mass is 269 g/mol. The number of esters is 1. The molecular formula is C12H15NO4S. The highest BCUT2D eigenvalue weighted by Crippen LogP contribution is 2.11. The molecule has 1 aromatic rings. The smallest absolute Gasteiger partial charge is 0.309 e. The first-order valence-electron chi connectivity index (χ1n) is 5.26. The highest BCUT2D eigenvalue weighted by Gasteiger charge is 2.12. The number of nitrogens with one attached hydrogen (secondary N) is 1. The maximum Gasteiger partial charge on any atom is 0.309 e. The number of carbonyl (C=O) groups excluding carboxylic acids is 1. The van der Waals surface area contributed by atoms with E-state index in [0.717, 1.165) is 0 Å². The topological polar surface area (TPSA) is 72.5 Å². The number of carbonyl (C=O) groups is 1. The minimum absolute atomic E-state index is 0.122. The van der Waals surface area contributed by atoms with Crippen molar-refractivity contribution in [2.24, 2.45) is 0 Å². The Morgan fingerprint density at radius 3 is 2.50 bits per heavy atom. The van der Waals surface area contributed by atoms with E-state index in [1.807, 2.05) is 0 Å². The van der Waals surface area contributed by atoms with Crippen LogP contribution in [-0.4, -0.2) is 28.0 Å². The second-order valence-electron chi connectivity index (χ2n) is 3.54. The van der Waals surface area contributed by atoms with Crippen molar-refractivity contribution >= 4 is 16.0 Å². The molecule has 6 heteroatoms. The van der Waals surface area contributed by atoms with Gasteiger partial charge in [-0.25, -0.2) is 13.1 Å². The molecule has 5 nitrogen and oxygen atoms in total. The zero-order chi connectivity index (χ0) is 13.6. The van der Waals surface area contributed by atoms with Gasteiger partial charge in [0.05, 0.1) is 18.4 Å². The second kappa shape index (κ2) is 6.32. The lowest BCUT2D eigenvalue weighted by atomic mass is 10.2. The molecule has 1 N–H and O–H groups in total. The SMILES string of the molecule is C=CCNS(=O)(=O)c1ccc(CC(=O)OC)cc1. The summed E-state index contributed by atoms with van der Waals surface area (Å²) in [5.41, 5.74) is 0.699. The van der Waals surface area contributed by atoms with Gasteiger partial charge in [0, 0.05) is 6.54 Å². The molecule has 1 aromatic carbocycles. The summed E-state index contributed by atoms with van der Waals surface area (Å²) in [6.45, 7) is 3.61. The Morgan fingerprint density at radius 1 is 1.39 bits per heavy atom. The molecule has 0 bridgehead atoms. The quantitative estimate of drug-likeness (QED) is 0.614. The van der Waals surface area contributed by atoms with E-state index < -0.39 is 10.0 Å². The van der Waals surface area contributed by atoms with Crippen LogP contribution in [0.25, 0.3) is 0 Å². The maximum absolute atomic E-state index is 11.7. The fraction of sp³-hybridized carbons (Fsp3) is 0.250. The van der Waals surface area contributed by atoms with Gasteiger partial charge in [-0.05, 0) is 17.7 Å². The van der Waals surface area contributed by atoms with E-state index in [2.05, 4.69) is 16.0 Å². The lowest BCUT2D eigenvalue weighted by molar-refractivity contribution is -0.139. The summed E-state index contributed by atoms with van der Waals surface area (Å²) >= 11 is 0. The first kappa shape index (κ1) is 14.4. The predicted octanol–water partition coefficient (Wildman–Crippen LogP) is 0.866. The van der Waals surface area contributed by atoms with Gasteiger partial charge in [-0.1, -0.05) is 18.2 Å². The summed E-state index contributed by atoms with van der Waals surface area (Å²) in [7, 11) is -2.20. The fourth-order valence-electron chi connectivity index (χ4n) is 1.28. The Hall–Kier alpha value is -1.66. The van der Waals surface area contributed by atoms with Crippen LogP contribution >= 0.6 is 0 Å². The Kier molecular flexibility index (Phi) is 5.06. The normalized spacial score (nSPS) is 10.9. The van der Waals surface area contributed by atoms with Crippen LogP contribution in [0.3, 0.4) is 0 Å². The van der Waals surface area contributed by atoms with Crippen molar-refractivity contribution in [2.75, 3.05) is 13.7 Å². The first-order chi connectivity index (χ1) is 8.49. The number of methoxy groups -OCH3 is 1. The first-order valence-corrected chi connectivity index (χ1v) is 6.74. The number of ether oxygens (including phenoxy) is 1. The molecule has 0 spiro atoms. The van der Waals surface area contributed by atoms with Gasteiger partial charge in [0.15, 0.2) is 0 Å². The van der Waals surface area contributed by atoms with Gasteiger partial charge in [-0.15, -0.1) is 6.58 Å². The molecule has 0 fully saturated rings. The van der Waals surface area contributed by atoms with Gasteiger partial charge in [-0.3, -0.25) is 4.79 Å². The highest BCUT2D eigenvalue weighted by atomic mass is 32.2. The van der Waals surface area contributed by atoms with Gasteiger partial charge in [-0.2, -0.15) is 0 Å². The summed E-state index contributed by atoms with van der Waals surface area (Å²) in [6, 6.07) is 6.06. The van der Waals surface area contributed by atoms with Gasteiger partial charge in [0.2, 0.25) is 10.0 Å². The summed E-state index contributed by atoms with van der Waals surface area (Å²) < 4.78 is 30.3. The van der Waals surface area contributed by atoms with Crippen LogP contribution in [0.2, 0.25) is 0 Å². The van der Waals surface area contributed by atoms with Crippen molar-refractivity contribution in [1.82, 2.24) is 4.72 Å². The van der Waals surface area contributed by atoms with Gasteiger partial charge in [0.1, 0.15) is 0 Å². The molecule has 18 heavy (non-hydrogen) atoms. The molecular weight excluding hydrogens is 254 g/mol. The van der Waals surface area contributed by atoms with Crippen LogP contribution in [0.15, 0.2) is 41.8 Å². The second-order valence-corrected chi connectivity index (χ2v) is 5.30. The Balaban J connectivity index is 2.82. The molecule has 0 saturated carbocycles. The third kappa shape index (κ3) is 3.97. The molecule has 0 atom stereocenters. The van der Waals surface area contributed by atoms with Crippen molar-refractivity contribution in [3.05, 3.63) is 42.5 Å². The molecule has 0 aliphatic rings. The van der Waals surface area contributed by atoms with E-state index in [0.29, 0.717) is 5.56 Å². The molecule has 1 rings (SSSR count). The molecule has 0 aliphatic carbocycles. The van der Waals surface area contributed by atoms with E-state index >= 15 is 0 Å². The minimum atomic E-state index is -3.51. The Bertz CT molecular complexity index is 520. The highest BCUT2D eigenvalue weighted by molar-refractivity contribution is 7.89. The molecule has 0 unspecified atom stereocenters. The summed E-state index contributed by atoms with van der Waals surface area (Å²) in [4.78, 5) is 11.2. The standard InChI is InChI=1S/C12H15NO4S/c1-3-8-13-18(15,16)11-6-4-10(5-7-11)9-12(14)17-2/h3-7,13H,1,8-9H2,2H3. The van der Waals surface area contributed by atoms with E-state index in [1.54, 1.807) is 12.1 Å². The van der Waals surface area contributed by atoms with Crippen LogP contribution in [-0.2, 0) is 26.0 Å². The Morgan fingerprint density at radius 2 is 2.00 bits per heavy atom. The van der Waals surface area contributed by atoms with E-state index in [9.17, 15) is 13.2 Å². The Labute approximate surface area is 107 Å². The van der Waals surface area contributed by atoms with Gasteiger partial charge < -0.3 is 4.74 Å². The van der Waals surface area contributed by atoms with Crippen molar-refractivity contribution in [1.29, 1.82) is 0 Å². The third-order valence-electron chi connectivity index (χ3n) is 2.23. The van der Waals surface area contributed by atoms with Crippen LogP contribution < -0.4 is 4.72 Å². The lowest BCUT2D eigenvalue weighted by Gasteiger charge is -2.05. The van der Waals surface area contributed by atoms with Gasteiger partial charge >= 0.3 is 5.97 Å². The fourth-order valence-corrected chi connectivity index (χ4v) is 2.28. The van der Waals surface area contributed by atoms with Crippen LogP contribution in [0.5, 0.6) is 0 Å². The summed E-state index contributed by atoms with van der Waals surface area (Å²) in [5.74, 6) is -0.365. The van der Waals surface area contributed by atoms with Gasteiger partial charge in [0.25, 0.3) is 0 Å². The van der Waals surface area contributed by atoms with Crippen LogP contribution in [0, 0.1) is 0 Å². The molecule has 0 aliphatic heterocycles. The third-order valence-corrected chi connectivity index (χ3v) is 3.67. The predicted molar refractivity (Wildman–Crippen MR) is 67.5 cm³/mol. The number of rotatable bonds is 6. The van der Waals surface area contributed by atoms with E-state index in [4.69, 9.17) is 0 Å². The van der Waals surface area contributed by atoms with Crippen molar-refractivity contribution in [2.45, 2.75) is 11.3 Å². The maximum atomic E-state index is 11.7. The van der Waals surface area contributed by atoms with E-state index in [-0.39, 0.29) is 23.8 Å². The summed E-state index contributed by atoms with van der Waals surface area (Å²) in [6.07, 6.45) is 1.58. The minimum Gasteiger partial charge on any atom is -0.469 e. The number of benzene rings is 1.